The van der Waals surface area contributed by atoms with Gasteiger partial charge in [-0.05, 0) is 25.8 Å². The highest BCUT2D eigenvalue weighted by Crippen LogP contribution is 2.25. The highest BCUT2D eigenvalue weighted by Gasteiger charge is 2.40. The lowest BCUT2D eigenvalue weighted by Crippen LogP contribution is -2.59. The average Bonchev–Trinajstić information content (AvgIpc) is 2.81. The summed E-state index contributed by atoms with van der Waals surface area (Å²) in [4.78, 5) is 12.4. The zero-order valence-electron chi connectivity index (χ0n) is 10.6. The fourth-order valence-corrected chi connectivity index (χ4v) is 2.68. The number of hydrazine groups is 1. The molecule has 17 heavy (non-hydrogen) atoms. The number of carbonyl (C=O) groups is 1. The van der Waals surface area contributed by atoms with Crippen LogP contribution >= 0.6 is 0 Å². The highest BCUT2D eigenvalue weighted by atomic mass is 16.5. The van der Waals surface area contributed by atoms with Gasteiger partial charge in [0.05, 0.1) is 18.8 Å². The molecule has 2 rings (SSSR count). The first-order valence-electron chi connectivity index (χ1n) is 6.66. The Balaban J connectivity index is 1.91. The molecule has 1 amide bonds. The van der Waals surface area contributed by atoms with Gasteiger partial charge in [0.1, 0.15) is 0 Å². The van der Waals surface area contributed by atoms with Crippen LogP contribution < -0.4 is 10.7 Å². The summed E-state index contributed by atoms with van der Waals surface area (Å²) in [6.45, 7) is 6.06. The van der Waals surface area contributed by atoms with Crippen LogP contribution in [0.5, 0.6) is 0 Å². The van der Waals surface area contributed by atoms with Gasteiger partial charge in [-0.1, -0.05) is 13.3 Å². The van der Waals surface area contributed by atoms with E-state index in [-0.39, 0.29) is 11.4 Å². The van der Waals surface area contributed by atoms with Crippen molar-refractivity contribution in [1.29, 1.82) is 0 Å². The van der Waals surface area contributed by atoms with Crippen molar-refractivity contribution in [2.75, 3.05) is 32.8 Å². The number of hydrogen-bond donors (Lipinski definition) is 2. The smallest absolute Gasteiger partial charge is 0.254 e. The minimum Gasteiger partial charge on any atom is -0.379 e. The maximum absolute atomic E-state index is 12.4. The summed E-state index contributed by atoms with van der Waals surface area (Å²) in [6, 6.07) is 0. The predicted octanol–water partition coefficient (Wildman–Crippen LogP) is 0.272. The normalized spacial score (nSPS) is 30.4. The van der Waals surface area contributed by atoms with Crippen LogP contribution in [0.25, 0.3) is 0 Å². The molecule has 0 aromatic carbocycles. The first-order valence-corrected chi connectivity index (χ1v) is 6.66. The molecule has 0 bridgehead atoms. The van der Waals surface area contributed by atoms with E-state index in [2.05, 4.69) is 17.7 Å². The average molecular weight is 241 g/mol. The molecule has 2 heterocycles. The van der Waals surface area contributed by atoms with E-state index < -0.39 is 0 Å². The van der Waals surface area contributed by atoms with Crippen LogP contribution in [0.1, 0.15) is 32.6 Å². The Kier molecular flexibility index (Phi) is 4.36. The van der Waals surface area contributed by atoms with Gasteiger partial charge in [0.25, 0.3) is 5.91 Å². The molecular weight excluding hydrogens is 218 g/mol. The lowest BCUT2D eigenvalue weighted by Gasteiger charge is -2.33. The van der Waals surface area contributed by atoms with E-state index in [4.69, 9.17) is 4.74 Å². The Hall–Kier alpha value is -0.650. The minimum atomic E-state index is -0.326. The zero-order valence-corrected chi connectivity index (χ0v) is 10.6. The summed E-state index contributed by atoms with van der Waals surface area (Å²) in [5.41, 5.74) is 2.71. The maximum atomic E-state index is 12.4. The van der Waals surface area contributed by atoms with Crippen LogP contribution in [-0.2, 0) is 9.53 Å². The number of carbonyl (C=O) groups excluding carboxylic acids is 1. The first kappa shape index (κ1) is 12.8. The summed E-state index contributed by atoms with van der Waals surface area (Å²) in [5.74, 6) is 0.138. The van der Waals surface area contributed by atoms with Crippen LogP contribution in [0.4, 0.5) is 0 Å². The largest absolute Gasteiger partial charge is 0.379 e. The van der Waals surface area contributed by atoms with Gasteiger partial charge in [-0.2, -0.15) is 0 Å². The molecule has 5 nitrogen and oxygen atoms in total. The maximum Gasteiger partial charge on any atom is 0.254 e. The number of nitrogens with one attached hydrogen (secondary N) is 2. The SMILES string of the molecule is CCCC1(C(=O)NN2CCOCC2)CCCN1. The molecule has 0 aromatic rings. The Labute approximate surface area is 103 Å². The van der Waals surface area contributed by atoms with Crippen LogP contribution in [0.15, 0.2) is 0 Å². The molecule has 2 aliphatic rings. The van der Waals surface area contributed by atoms with E-state index >= 15 is 0 Å². The molecule has 98 valence electrons. The quantitative estimate of drug-likeness (QED) is 0.742. The number of nitrogens with zero attached hydrogens (tertiary/aromatic N) is 1. The molecule has 0 spiro atoms. The van der Waals surface area contributed by atoms with E-state index in [1.807, 2.05) is 5.01 Å². The van der Waals surface area contributed by atoms with Gasteiger partial charge in [-0.15, -0.1) is 0 Å². The Morgan fingerprint density at radius 2 is 2.24 bits per heavy atom. The molecule has 5 heteroatoms. The van der Waals surface area contributed by atoms with Crippen molar-refractivity contribution in [3.8, 4) is 0 Å². The van der Waals surface area contributed by atoms with Crippen molar-refractivity contribution in [3.63, 3.8) is 0 Å². The van der Waals surface area contributed by atoms with E-state index in [1.54, 1.807) is 0 Å². The van der Waals surface area contributed by atoms with E-state index in [9.17, 15) is 4.79 Å². The number of morpholine rings is 1. The third-order valence-corrected chi connectivity index (χ3v) is 3.63. The summed E-state index contributed by atoms with van der Waals surface area (Å²) >= 11 is 0. The Morgan fingerprint density at radius 1 is 1.47 bits per heavy atom. The standard InChI is InChI=1S/C12H23N3O2/c1-2-4-12(5-3-6-13-12)11(16)14-15-7-9-17-10-8-15/h13H,2-10H2,1H3,(H,14,16). The molecule has 2 fully saturated rings. The van der Waals surface area contributed by atoms with Crippen molar-refractivity contribution >= 4 is 5.91 Å². The van der Waals surface area contributed by atoms with Crippen LogP contribution in [0, 0.1) is 0 Å². The second kappa shape index (κ2) is 5.80. The van der Waals surface area contributed by atoms with E-state index in [0.29, 0.717) is 13.2 Å². The molecule has 0 aromatic heterocycles. The summed E-state index contributed by atoms with van der Waals surface area (Å²) < 4.78 is 5.27. The summed E-state index contributed by atoms with van der Waals surface area (Å²) in [7, 11) is 0. The highest BCUT2D eigenvalue weighted by molar-refractivity contribution is 5.86. The molecule has 1 unspecified atom stereocenters. The molecule has 0 radical (unpaired) electrons. The van der Waals surface area contributed by atoms with Crippen molar-refractivity contribution < 1.29 is 9.53 Å². The summed E-state index contributed by atoms with van der Waals surface area (Å²) in [5, 5.41) is 5.37. The van der Waals surface area contributed by atoms with Crippen LogP contribution in [0.2, 0.25) is 0 Å². The number of rotatable bonds is 4. The number of hydrogen-bond acceptors (Lipinski definition) is 4. The van der Waals surface area contributed by atoms with Crippen molar-refractivity contribution in [1.82, 2.24) is 15.8 Å². The van der Waals surface area contributed by atoms with Crippen molar-refractivity contribution in [3.05, 3.63) is 0 Å². The summed E-state index contributed by atoms with van der Waals surface area (Å²) in [6.07, 6.45) is 4.00. The molecule has 0 saturated carbocycles. The Morgan fingerprint density at radius 3 is 2.82 bits per heavy atom. The van der Waals surface area contributed by atoms with Gasteiger partial charge in [0, 0.05) is 13.1 Å². The second-order valence-electron chi connectivity index (χ2n) is 4.90. The fourth-order valence-electron chi connectivity index (χ4n) is 2.68. The third-order valence-electron chi connectivity index (χ3n) is 3.63. The molecule has 1 atom stereocenters. The number of amides is 1. The van der Waals surface area contributed by atoms with Crippen molar-refractivity contribution in [2.24, 2.45) is 0 Å². The van der Waals surface area contributed by atoms with Gasteiger partial charge in [0.15, 0.2) is 0 Å². The molecule has 2 aliphatic heterocycles. The topological polar surface area (TPSA) is 53.6 Å². The molecular formula is C12H23N3O2. The third kappa shape index (κ3) is 2.97. The minimum absolute atomic E-state index is 0.138. The van der Waals surface area contributed by atoms with E-state index in [1.165, 1.54) is 0 Å². The fraction of sp³-hybridized carbons (Fsp3) is 0.917. The van der Waals surface area contributed by atoms with Gasteiger partial charge in [0.2, 0.25) is 0 Å². The monoisotopic (exact) mass is 241 g/mol. The van der Waals surface area contributed by atoms with Crippen LogP contribution in [-0.4, -0.2) is 49.3 Å². The molecule has 0 aliphatic carbocycles. The van der Waals surface area contributed by atoms with Gasteiger partial charge in [-0.3, -0.25) is 10.2 Å². The van der Waals surface area contributed by atoms with E-state index in [0.717, 1.165) is 45.3 Å². The zero-order chi connectivity index (χ0) is 12.1. The lowest BCUT2D eigenvalue weighted by atomic mass is 9.91. The van der Waals surface area contributed by atoms with Gasteiger partial charge in [-0.25, -0.2) is 5.01 Å². The van der Waals surface area contributed by atoms with Gasteiger partial charge < -0.3 is 10.1 Å². The van der Waals surface area contributed by atoms with Crippen LogP contribution in [0.3, 0.4) is 0 Å². The Bertz CT molecular complexity index is 258. The van der Waals surface area contributed by atoms with Crippen molar-refractivity contribution in [2.45, 2.75) is 38.1 Å². The predicted molar refractivity (Wildman–Crippen MR) is 65.4 cm³/mol. The molecule has 2 saturated heterocycles. The molecule has 2 N–H and O–H groups in total. The lowest BCUT2D eigenvalue weighted by molar-refractivity contribution is -0.134. The van der Waals surface area contributed by atoms with Gasteiger partial charge >= 0.3 is 0 Å². The number of ether oxygens (including phenoxy) is 1. The first-order chi connectivity index (χ1) is 8.27. The second-order valence-corrected chi connectivity index (χ2v) is 4.90.